The van der Waals surface area contributed by atoms with Gasteiger partial charge in [0.05, 0.1) is 22.4 Å². The molecule has 0 saturated heterocycles. The molecule has 294 valence electrons. The predicted octanol–water partition coefficient (Wildman–Crippen LogP) is 13.5. The molecule has 3 heterocycles. The van der Waals surface area contributed by atoms with Crippen molar-refractivity contribution in [3.8, 4) is 33.6 Å². The zero-order valence-electron chi connectivity index (χ0n) is 35.3. The quantitative estimate of drug-likeness (QED) is 0.147. The average molecular weight is 773 g/mol. The SMILES string of the molecule is CC(C)c1cccc(C(C)C)c1-n1c(=Nn2c3ccc(-c4ccccc4)cc3c3cc(-c4ccccc4)ccc32)n(-c2c(C(C)C)cccc2C(C)C)c2nccnc21. The number of nitrogens with zero attached hydrogens (tertiary/aromatic N) is 6. The van der Waals surface area contributed by atoms with E-state index in [2.05, 4.69) is 203 Å². The molecule has 6 heteroatoms. The van der Waals surface area contributed by atoms with E-state index in [1.807, 2.05) is 12.4 Å². The number of para-hydroxylation sites is 2. The number of benzene rings is 6. The average Bonchev–Trinajstić information content (AvgIpc) is 3.74. The zero-order chi connectivity index (χ0) is 40.9. The number of rotatable bonds is 9. The van der Waals surface area contributed by atoms with Crippen molar-refractivity contribution in [1.82, 2.24) is 23.8 Å². The third-order valence-corrected chi connectivity index (χ3v) is 11.8. The first-order chi connectivity index (χ1) is 28.6. The van der Waals surface area contributed by atoms with Crippen LogP contribution in [0.25, 0.3) is 66.7 Å². The van der Waals surface area contributed by atoms with Gasteiger partial charge < -0.3 is 0 Å². The van der Waals surface area contributed by atoms with Crippen LogP contribution >= 0.6 is 0 Å². The van der Waals surface area contributed by atoms with Crippen molar-refractivity contribution in [3.05, 3.63) is 174 Å². The summed E-state index contributed by atoms with van der Waals surface area (Å²) >= 11 is 0. The normalized spacial score (nSPS) is 12.0. The van der Waals surface area contributed by atoms with Crippen LogP contribution in [0.15, 0.2) is 151 Å². The number of hydrogen-bond acceptors (Lipinski definition) is 3. The molecule has 0 atom stereocenters. The van der Waals surface area contributed by atoms with Gasteiger partial charge in [0.2, 0.25) is 5.62 Å². The standard InChI is InChI=1S/C53H52N6/c1-33(2)41-21-15-22-42(34(3)4)49(41)57-51-52(55-30-29-54-51)58(50-43(35(5)6)23-16-24-44(50)36(7)8)53(57)56-59-47-27-25-39(37-17-11-9-12-18-37)31-45(47)46-32-40(26-28-48(46)59)38-19-13-10-14-20-38/h9-36H,1-8H3. The van der Waals surface area contributed by atoms with Crippen LogP contribution < -0.4 is 5.62 Å². The molecule has 0 aliphatic carbocycles. The lowest BCUT2D eigenvalue weighted by Gasteiger charge is -2.22. The van der Waals surface area contributed by atoms with Crippen LogP contribution in [0.3, 0.4) is 0 Å². The molecule has 6 nitrogen and oxygen atoms in total. The summed E-state index contributed by atoms with van der Waals surface area (Å²) in [6.07, 6.45) is 3.63. The third-order valence-electron chi connectivity index (χ3n) is 11.8. The minimum absolute atomic E-state index is 0.245. The molecular weight excluding hydrogens is 721 g/mol. The maximum absolute atomic E-state index is 5.92. The first-order valence-corrected chi connectivity index (χ1v) is 21.1. The molecule has 0 aliphatic heterocycles. The van der Waals surface area contributed by atoms with E-state index < -0.39 is 0 Å². The molecule has 9 aromatic rings. The first kappa shape index (κ1) is 38.0. The van der Waals surface area contributed by atoms with Crippen molar-refractivity contribution in [1.29, 1.82) is 0 Å². The minimum Gasteiger partial charge on any atom is -0.259 e. The first-order valence-electron chi connectivity index (χ1n) is 21.1. The molecule has 0 amide bonds. The number of fused-ring (bicyclic) bond motifs is 4. The van der Waals surface area contributed by atoms with Crippen LogP contribution in [0.4, 0.5) is 0 Å². The van der Waals surface area contributed by atoms with Crippen molar-refractivity contribution >= 4 is 33.1 Å². The van der Waals surface area contributed by atoms with E-state index in [1.54, 1.807) is 0 Å². The second-order valence-corrected chi connectivity index (χ2v) is 17.0. The van der Waals surface area contributed by atoms with Gasteiger partial charge in [0, 0.05) is 23.2 Å². The fourth-order valence-electron chi connectivity index (χ4n) is 8.79. The highest BCUT2D eigenvalue weighted by Crippen LogP contribution is 2.38. The minimum atomic E-state index is 0.245. The lowest BCUT2D eigenvalue weighted by Crippen LogP contribution is -2.29. The predicted molar refractivity (Wildman–Crippen MR) is 246 cm³/mol. The number of aromatic nitrogens is 5. The van der Waals surface area contributed by atoms with E-state index in [1.165, 1.54) is 44.5 Å². The molecule has 3 aromatic heterocycles. The highest BCUT2D eigenvalue weighted by molar-refractivity contribution is 6.10. The van der Waals surface area contributed by atoms with E-state index in [-0.39, 0.29) is 23.7 Å². The van der Waals surface area contributed by atoms with Crippen LogP contribution in [0, 0.1) is 0 Å². The van der Waals surface area contributed by atoms with Crippen LogP contribution in [0.5, 0.6) is 0 Å². The van der Waals surface area contributed by atoms with Crippen LogP contribution in [0.1, 0.15) is 101 Å². The van der Waals surface area contributed by atoms with E-state index in [4.69, 9.17) is 15.1 Å². The molecule has 0 radical (unpaired) electrons. The second-order valence-electron chi connectivity index (χ2n) is 17.0. The lowest BCUT2D eigenvalue weighted by atomic mass is 9.92. The lowest BCUT2D eigenvalue weighted by molar-refractivity contribution is 0.736. The van der Waals surface area contributed by atoms with Gasteiger partial charge in [0.15, 0.2) is 11.3 Å². The van der Waals surface area contributed by atoms with E-state index in [0.717, 1.165) is 50.1 Å². The Morgan fingerprint density at radius 3 is 1.14 bits per heavy atom. The molecule has 9 rings (SSSR count). The summed E-state index contributed by atoms with van der Waals surface area (Å²) in [5.74, 6) is 0.979. The second kappa shape index (κ2) is 15.3. The summed E-state index contributed by atoms with van der Waals surface area (Å²) in [5.41, 5.74) is 16.2. The van der Waals surface area contributed by atoms with Gasteiger partial charge in [-0.05, 0) is 92.4 Å². The van der Waals surface area contributed by atoms with Crippen molar-refractivity contribution in [2.75, 3.05) is 0 Å². The van der Waals surface area contributed by atoms with Gasteiger partial charge >= 0.3 is 0 Å². The Hall–Kier alpha value is -6.53. The van der Waals surface area contributed by atoms with Crippen LogP contribution in [0.2, 0.25) is 0 Å². The molecule has 0 N–H and O–H groups in total. The summed E-state index contributed by atoms with van der Waals surface area (Å²) in [4.78, 5) is 10.3. The largest absolute Gasteiger partial charge is 0.259 e. The van der Waals surface area contributed by atoms with Gasteiger partial charge in [0.25, 0.3) is 0 Å². The zero-order valence-corrected chi connectivity index (χ0v) is 35.3. The summed E-state index contributed by atoms with van der Waals surface area (Å²) in [6.45, 7) is 18.2. The maximum Gasteiger partial charge on any atom is 0.240 e. The molecule has 0 unspecified atom stereocenters. The number of imidazole rings is 1. The smallest absolute Gasteiger partial charge is 0.240 e. The van der Waals surface area contributed by atoms with Crippen molar-refractivity contribution < 1.29 is 0 Å². The van der Waals surface area contributed by atoms with Gasteiger partial charge in [-0.1, -0.05) is 165 Å². The molecule has 0 spiro atoms. The van der Waals surface area contributed by atoms with Crippen molar-refractivity contribution in [2.45, 2.75) is 79.1 Å². The molecule has 59 heavy (non-hydrogen) atoms. The Labute approximate surface area is 347 Å². The monoisotopic (exact) mass is 772 g/mol. The maximum atomic E-state index is 5.92. The van der Waals surface area contributed by atoms with E-state index >= 15 is 0 Å². The van der Waals surface area contributed by atoms with Crippen LogP contribution in [-0.4, -0.2) is 23.8 Å². The highest BCUT2D eigenvalue weighted by Gasteiger charge is 2.27. The molecular formula is C53H52N6. The van der Waals surface area contributed by atoms with Crippen molar-refractivity contribution in [3.63, 3.8) is 0 Å². The van der Waals surface area contributed by atoms with Crippen LogP contribution in [-0.2, 0) is 0 Å². The fraction of sp³-hybridized carbons (Fsp3) is 0.226. The third kappa shape index (κ3) is 6.57. The molecule has 0 fully saturated rings. The fourth-order valence-corrected chi connectivity index (χ4v) is 8.79. The number of hydrogen-bond donors (Lipinski definition) is 0. The van der Waals surface area contributed by atoms with Crippen molar-refractivity contribution in [2.24, 2.45) is 5.10 Å². The van der Waals surface area contributed by atoms with E-state index in [0.29, 0.717) is 0 Å². The van der Waals surface area contributed by atoms with Gasteiger partial charge in [-0.25, -0.2) is 14.6 Å². The Kier molecular flexibility index (Phi) is 9.88. The molecule has 0 bridgehead atoms. The van der Waals surface area contributed by atoms with Gasteiger partial charge in [-0.3, -0.25) is 9.13 Å². The Balaban J connectivity index is 1.50. The van der Waals surface area contributed by atoms with Gasteiger partial charge in [-0.15, -0.1) is 5.10 Å². The molecule has 0 aliphatic rings. The Morgan fingerprint density at radius 2 is 0.780 bits per heavy atom. The molecule has 0 saturated carbocycles. The topological polar surface area (TPSA) is 52.9 Å². The summed E-state index contributed by atoms with van der Waals surface area (Å²) < 4.78 is 6.78. The Bertz CT molecular complexity index is 2800. The summed E-state index contributed by atoms with van der Waals surface area (Å²) in [6, 6.07) is 48.3. The van der Waals surface area contributed by atoms with E-state index in [9.17, 15) is 0 Å². The summed E-state index contributed by atoms with van der Waals surface area (Å²) in [7, 11) is 0. The molecule has 6 aromatic carbocycles. The highest BCUT2D eigenvalue weighted by atomic mass is 15.4. The summed E-state index contributed by atoms with van der Waals surface area (Å²) in [5, 5.41) is 8.20. The van der Waals surface area contributed by atoms with Gasteiger partial charge in [0.1, 0.15) is 0 Å². The Morgan fingerprint density at radius 1 is 0.407 bits per heavy atom. The van der Waals surface area contributed by atoms with Gasteiger partial charge in [-0.2, -0.15) is 0 Å².